The van der Waals surface area contributed by atoms with Crippen LogP contribution in [0.15, 0.2) is 48.8 Å². The van der Waals surface area contributed by atoms with E-state index < -0.39 is 0 Å². The number of pyridine rings is 1. The Labute approximate surface area is 186 Å². The van der Waals surface area contributed by atoms with Crippen molar-refractivity contribution in [2.75, 3.05) is 6.61 Å². The van der Waals surface area contributed by atoms with Gasteiger partial charge in [-0.2, -0.15) is 10.2 Å². The molecule has 0 unspecified atom stereocenters. The number of hydrogen-bond donors (Lipinski definition) is 0. The molecule has 2 aliphatic heterocycles. The Morgan fingerprint density at radius 2 is 1.84 bits per heavy atom. The van der Waals surface area contributed by atoms with Crippen molar-refractivity contribution >= 4 is 17.5 Å². The number of rotatable bonds is 5. The second-order valence-corrected chi connectivity index (χ2v) is 8.86. The smallest absolute Gasteiger partial charge is 0.275 e. The number of aryl methyl sites for hydroxylation is 1. The van der Waals surface area contributed by atoms with Crippen molar-refractivity contribution in [3.8, 4) is 11.4 Å². The predicted octanol–water partition coefficient (Wildman–Crippen LogP) is 3.94. The van der Waals surface area contributed by atoms with Gasteiger partial charge in [-0.1, -0.05) is 18.5 Å². The van der Waals surface area contributed by atoms with Gasteiger partial charge < -0.3 is 9.64 Å². The molecule has 6 rings (SSSR count). The summed E-state index contributed by atoms with van der Waals surface area (Å²) in [6.07, 6.45) is 5.25. The molecule has 160 valence electrons. The van der Waals surface area contributed by atoms with Crippen molar-refractivity contribution in [1.29, 1.82) is 0 Å². The number of benzene rings is 1. The largest absolute Gasteiger partial charge is 0.491 e. The highest BCUT2D eigenvalue weighted by Gasteiger charge is 2.51. The SMILES string of the molecule is Cc1ccc(-n2nccn2)c(C(=O)N2C3CC(C3)[C@H](C)[C@H]2COc2ccc(Cl)cc2)n1. The van der Waals surface area contributed by atoms with Gasteiger partial charge >= 0.3 is 0 Å². The second kappa shape index (κ2) is 7.96. The highest BCUT2D eigenvalue weighted by Crippen LogP contribution is 2.47. The Morgan fingerprint density at radius 3 is 2.55 bits per heavy atom. The molecule has 1 saturated carbocycles. The van der Waals surface area contributed by atoms with Gasteiger partial charge in [0.25, 0.3) is 5.91 Å². The average Bonchev–Trinajstić information content (AvgIpc) is 3.27. The van der Waals surface area contributed by atoms with Crippen molar-refractivity contribution in [3.63, 3.8) is 0 Å². The number of hydrogen-bond acceptors (Lipinski definition) is 5. The first-order valence-corrected chi connectivity index (χ1v) is 10.9. The van der Waals surface area contributed by atoms with Crippen molar-refractivity contribution in [2.45, 2.75) is 38.8 Å². The van der Waals surface area contributed by atoms with E-state index in [-0.39, 0.29) is 18.0 Å². The maximum Gasteiger partial charge on any atom is 0.275 e. The quantitative estimate of drug-likeness (QED) is 0.604. The Bertz CT molecular complexity index is 1080. The van der Waals surface area contributed by atoms with Gasteiger partial charge in [0.15, 0.2) is 5.69 Å². The third-order valence-electron chi connectivity index (χ3n) is 6.57. The Morgan fingerprint density at radius 1 is 1.13 bits per heavy atom. The lowest BCUT2D eigenvalue weighted by Gasteiger charge is -2.57. The zero-order chi connectivity index (χ0) is 21.5. The Hall–Kier alpha value is -2.93. The van der Waals surface area contributed by atoms with Crippen molar-refractivity contribution in [1.82, 2.24) is 24.9 Å². The van der Waals surface area contributed by atoms with E-state index >= 15 is 0 Å². The number of ether oxygens (including phenoxy) is 1. The van der Waals surface area contributed by atoms with E-state index in [1.807, 2.05) is 48.2 Å². The lowest BCUT2D eigenvalue weighted by molar-refractivity contribution is -0.0673. The summed E-state index contributed by atoms with van der Waals surface area (Å²) in [5.41, 5.74) is 1.75. The van der Waals surface area contributed by atoms with E-state index in [1.54, 1.807) is 12.4 Å². The molecular formula is C23H24ClN5O2. The van der Waals surface area contributed by atoms with Gasteiger partial charge in [-0.15, -0.1) is 4.80 Å². The molecule has 8 heteroatoms. The van der Waals surface area contributed by atoms with Crippen molar-refractivity contribution in [3.05, 3.63) is 65.2 Å². The summed E-state index contributed by atoms with van der Waals surface area (Å²) in [6, 6.07) is 11.2. The normalized spacial score (nSPS) is 24.5. The van der Waals surface area contributed by atoms with Crippen LogP contribution in [-0.4, -0.2) is 49.5 Å². The van der Waals surface area contributed by atoms with Crippen LogP contribution in [0.1, 0.15) is 35.9 Å². The molecule has 3 aromatic rings. The predicted molar refractivity (Wildman–Crippen MR) is 116 cm³/mol. The van der Waals surface area contributed by atoms with E-state index in [9.17, 15) is 4.79 Å². The first-order chi connectivity index (χ1) is 15.0. The monoisotopic (exact) mass is 437 g/mol. The molecule has 3 aliphatic rings. The van der Waals surface area contributed by atoms with Crippen LogP contribution in [0.4, 0.5) is 0 Å². The van der Waals surface area contributed by atoms with Crippen LogP contribution in [0.25, 0.3) is 5.69 Å². The summed E-state index contributed by atoms with van der Waals surface area (Å²) >= 11 is 5.98. The Balaban J connectivity index is 1.45. The fraction of sp³-hybridized carbons (Fsp3) is 0.391. The van der Waals surface area contributed by atoms with Gasteiger partial charge in [0.1, 0.15) is 18.0 Å². The summed E-state index contributed by atoms with van der Waals surface area (Å²) in [6.45, 7) is 4.54. The minimum absolute atomic E-state index is 0.0265. The molecule has 2 aromatic heterocycles. The highest BCUT2D eigenvalue weighted by molar-refractivity contribution is 6.30. The minimum Gasteiger partial charge on any atom is -0.491 e. The van der Waals surface area contributed by atoms with E-state index in [0.29, 0.717) is 34.8 Å². The fourth-order valence-electron chi connectivity index (χ4n) is 4.72. The first-order valence-electron chi connectivity index (χ1n) is 10.6. The van der Waals surface area contributed by atoms with Gasteiger partial charge in [-0.25, -0.2) is 4.98 Å². The molecular weight excluding hydrogens is 414 g/mol. The molecule has 0 N–H and O–H groups in total. The lowest BCUT2D eigenvalue weighted by atomic mass is 9.64. The van der Waals surface area contributed by atoms with Crippen LogP contribution in [0.3, 0.4) is 0 Å². The van der Waals surface area contributed by atoms with E-state index in [1.165, 1.54) is 4.80 Å². The van der Waals surface area contributed by atoms with Gasteiger partial charge in [-0.3, -0.25) is 4.79 Å². The molecule has 0 radical (unpaired) electrons. The lowest BCUT2D eigenvalue weighted by Crippen LogP contribution is -2.64. The van der Waals surface area contributed by atoms with Gasteiger partial charge in [0.2, 0.25) is 0 Å². The molecule has 2 bridgehead atoms. The molecule has 2 atom stereocenters. The summed E-state index contributed by atoms with van der Waals surface area (Å²) < 4.78 is 6.08. The van der Waals surface area contributed by atoms with Gasteiger partial charge in [-0.05, 0) is 68.0 Å². The molecule has 3 fully saturated rings. The second-order valence-electron chi connectivity index (χ2n) is 8.43. The molecule has 1 amide bonds. The standard InChI is InChI=1S/C23H24ClN5O2/c1-14-3-8-20(29-25-9-10-26-29)22(27-14)23(30)28-18-11-16(12-18)15(2)21(28)13-31-19-6-4-17(24)5-7-19/h3-10,15-16,18,21H,11-13H2,1-2H3/t15-,16?,18?,21+/m0/s1. The number of fused-ring (bicyclic) bond motifs is 2. The highest BCUT2D eigenvalue weighted by atomic mass is 35.5. The fourth-order valence-corrected chi connectivity index (χ4v) is 4.84. The maximum absolute atomic E-state index is 13.8. The van der Waals surface area contributed by atoms with E-state index in [2.05, 4.69) is 22.1 Å². The van der Waals surface area contributed by atoms with E-state index in [0.717, 1.165) is 24.3 Å². The number of amides is 1. The van der Waals surface area contributed by atoms with Gasteiger partial charge in [0, 0.05) is 16.8 Å². The van der Waals surface area contributed by atoms with E-state index in [4.69, 9.17) is 16.3 Å². The minimum atomic E-state index is -0.0873. The number of halogens is 1. The third kappa shape index (κ3) is 3.67. The summed E-state index contributed by atoms with van der Waals surface area (Å²) in [4.78, 5) is 21.9. The van der Waals surface area contributed by atoms with Crippen LogP contribution in [0.5, 0.6) is 5.75 Å². The summed E-state index contributed by atoms with van der Waals surface area (Å²) in [7, 11) is 0. The number of piperidine rings is 2. The van der Waals surface area contributed by atoms with Gasteiger partial charge in [0.05, 0.1) is 18.4 Å². The zero-order valence-electron chi connectivity index (χ0n) is 17.5. The van der Waals surface area contributed by atoms with Crippen LogP contribution < -0.4 is 4.74 Å². The van der Waals surface area contributed by atoms with Crippen LogP contribution in [0.2, 0.25) is 5.02 Å². The summed E-state index contributed by atoms with van der Waals surface area (Å²) in [5, 5.41) is 9.09. The molecule has 0 spiro atoms. The number of carbonyl (C=O) groups excluding carboxylic acids is 1. The van der Waals surface area contributed by atoms with Crippen LogP contribution >= 0.6 is 11.6 Å². The maximum atomic E-state index is 13.8. The molecule has 1 aromatic carbocycles. The van der Waals surface area contributed by atoms with Crippen LogP contribution in [-0.2, 0) is 0 Å². The average molecular weight is 438 g/mol. The topological polar surface area (TPSA) is 73.1 Å². The summed E-state index contributed by atoms with van der Waals surface area (Å²) in [5.74, 6) is 1.64. The third-order valence-corrected chi connectivity index (χ3v) is 6.82. The molecule has 4 heterocycles. The molecule has 31 heavy (non-hydrogen) atoms. The number of nitrogens with zero attached hydrogens (tertiary/aromatic N) is 5. The molecule has 7 nitrogen and oxygen atoms in total. The zero-order valence-corrected chi connectivity index (χ0v) is 18.2. The number of carbonyl (C=O) groups is 1. The molecule has 1 aliphatic carbocycles. The molecule has 2 saturated heterocycles. The van der Waals surface area contributed by atoms with Crippen molar-refractivity contribution < 1.29 is 9.53 Å². The first kappa shape index (κ1) is 20.0. The van der Waals surface area contributed by atoms with Crippen molar-refractivity contribution in [2.24, 2.45) is 11.8 Å². The Kier molecular flexibility index (Phi) is 5.14. The number of aromatic nitrogens is 4. The van der Waals surface area contributed by atoms with Crippen LogP contribution in [0, 0.1) is 18.8 Å².